The zero-order chi connectivity index (χ0) is 19.9. The van der Waals surface area contributed by atoms with Crippen LogP contribution in [0.15, 0.2) is 54.6 Å². The molecule has 1 aliphatic heterocycles. The molecule has 0 spiro atoms. The fraction of sp³-hybridized carbons (Fsp3) is 0.364. The fourth-order valence-corrected chi connectivity index (χ4v) is 3.57. The van der Waals surface area contributed by atoms with Gasteiger partial charge in [-0.15, -0.1) is 0 Å². The molecule has 28 heavy (non-hydrogen) atoms. The lowest BCUT2D eigenvalue weighted by Crippen LogP contribution is -2.43. The zero-order valence-corrected chi connectivity index (χ0v) is 16.8. The average Bonchev–Trinajstić information content (AvgIpc) is 2.69. The van der Waals surface area contributed by atoms with Gasteiger partial charge in [-0.1, -0.05) is 41.9 Å². The normalized spacial score (nSPS) is 16.4. The van der Waals surface area contributed by atoms with Crippen LogP contribution in [0, 0.1) is 5.92 Å². The molecule has 1 heterocycles. The van der Waals surface area contributed by atoms with Crippen molar-refractivity contribution in [3.05, 3.63) is 65.2 Å². The van der Waals surface area contributed by atoms with E-state index in [0.717, 1.165) is 37.2 Å². The highest BCUT2D eigenvalue weighted by Gasteiger charge is 2.26. The summed E-state index contributed by atoms with van der Waals surface area (Å²) in [5.41, 5.74) is 1.85. The van der Waals surface area contributed by atoms with Crippen molar-refractivity contribution in [1.29, 1.82) is 0 Å². The molecule has 1 fully saturated rings. The van der Waals surface area contributed by atoms with Gasteiger partial charge in [-0.3, -0.25) is 14.5 Å². The number of carbonyl (C=O) groups excluding carboxylic acids is 2. The molecular formula is C22H26ClN3O2. The summed E-state index contributed by atoms with van der Waals surface area (Å²) in [5, 5.41) is 6.68. The molecule has 0 aromatic heterocycles. The standard InChI is InChI=1S/C22H26ClN3O2/c1-16(17-7-9-19(23)10-8-17)24-21(27)15-26-13-11-18(12-14-26)22(28)25-20-5-3-2-4-6-20/h2-10,16,18H,11-15H2,1H3,(H,24,27)(H,25,28)/t16-/m0/s1. The molecule has 0 unspecified atom stereocenters. The van der Waals surface area contributed by atoms with Crippen molar-refractivity contribution in [3.63, 3.8) is 0 Å². The maximum absolute atomic E-state index is 12.4. The number of piperidine rings is 1. The maximum atomic E-state index is 12.4. The van der Waals surface area contributed by atoms with E-state index in [4.69, 9.17) is 11.6 Å². The third-order valence-electron chi connectivity index (χ3n) is 5.11. The third-order valence-corrected chi connectivity index (χ3v) is 5.37. The number of likely N-dealkylation sites (tertiary alicyclic amines) is 1. The first-order valence-corrected chi connectivity index (χ1v) is 10.0. The minimum atomic E-state index is -0.0704. The Morgan fingerprint density at radius 3 is 2.36 bits per heavy atom. The number of amides is 2. The second-order valence-electron chi connectivity index (χ2n) is 7.25. The quantitative estimate of drug-likeness (QED) is 0.775. The topological polar surface area (TPSA) is 61.4 Å². The van der Waals surface area contributed by atoms with Crippen molar-refractivity contribution in [2.24, 2.45) is 5.92 Å². The van der Waals surface area contributed by atoms with Crippen molar-refractivity contribution < 1.29 is 9.59 Å². The molecule has 0 radical (unpaired) electrons. The van der Waals surface area contributed by atoms with Crippen LogP contribution in [0.2, 0.25) is 5.02 Å². The van der Waals surface area contributed by atoms with Gasteiger partial charge in [0.05, 0.1) is 12.6 Å². The van der Waals surface area contributed by atoms with Gasteiger partial charge in [0.2, 0.25) is 11.8 Å². The van der Waals surface area contributed by atoms with Crippen molar-refractivity contribution >= 4 is 29.1 Å². The predicted octanol–water partition coefficient (Wildman–Crippen LogP) is 3.87. The van der Waals surface area contributed by atoms with E-state index in [1.54, 1.807) is 0 Å². The summed E-state index contributed by atoms with van der Waals surface area (Å²) in [6.07, 6.45) is 1.53. The lowest BCUT2D eigenvalue weighted by Gasteiger charge is -2.31. The number of hydrogen-bond donors (Lipinski definition) is 2. The first-order valence-electron chi connectivity index (χ1n) is 9.64. The second-order valence-corrected chi connectivity index (χ2v) is 7.68. The smallest absolute Gasteiger partial charge is 0.234 e. The van der Waals surface area contributed by atoms with Gasteiger partial charge in [-0.05, 0) is 62.7 Å². The van der Waals surface area contributed by atoms with Gasteiger partial charge >= 0.3 is 0 Å². The summed E-state index contributed by atoms with van der Waals surface area (Å²) in [6.45, 7) is 3.80. The minimum absolute atomic E-state index is 0.00497. The van der Waals surface area contributed by atoms with E-state index in [2.05, 4.69) is 15.5 Å². The van der Waals surface area contributed by atoms with Crippen LogP contribution >= 0.6 is 11.6 Å². The van der Waals surface area contributed by atoms with Gasteiger partial charge in [0, 0.05) is 16.6 Å². The summed E-state index contributed by atoms with van der Waals surface area (Å²) < 4.78 is 0. The summed E-state index contributed by atoms with van der Waals surface area (Å²) in [4.78, 5) is 26.9. The number of carbonyl (C=O) groups is 2. The first kappa shape index (κ1) is 20.4. The van der Waals surface area contributed by atoms with E-state index in [1.165, 1.54) is 0 Å². The number of para-hydroxylation sites is 1. The van der Waals surface area contributed by atoms with Crippen LogP contribution in [0.4, 0.5) is 5.69 Å². The highest BCUT2D eigenvalue weighted by molar-refractivity contribution is 6.30. The van der Waals surface area contributed by atoms with Crippen molar-refractivity contribution in [3.8, 4) is 0 Å². The Labute approximate surface area is 171 Å². The molecule has 5 nitrogen and oxygen atoms in total. The van der Waals surface area contributed by atoms with E-state index in [9.17, 15) is 9.59 Å². The highest BCUT2D eigenvalue weighted by Crippen LogP contribution is 2.20. The summed E-state index contributed by atoms with van der Waals surface area (Å²) in [5.74, 6) is 0.0498. The monoisotopic (exact) mass is 399 g/mol. The molecule has 1 aliphatic rings. The molecule has 2 aromatic rings. The summed E-state index contributed by atoms with van der Waals surface area (Å²) in [7, 11) is 0. The van der Waals surface area contributed by atoms with Gasteiger partial charge < -0.3 is 10.6 Å². The molecule has 0 saturated carbocycles. The summed E-state index contributed by atoms with van der Waals surface area (Å²) in [6, 6.07) is 16.9. The summed E-state index contributed by atoms with van der Waals surface area (Å²) >= 11 is 5.91. The van der Waals surface area contributed by atoms with E-state index < -0.39 is 0 Å². The minimum Gasteiger partial charge on any atom is -0.348 e. The second kappa shape index (κ2) is 9.71. The molecule has 1 saturated heterocycles. The number of anilines is 1. The van der Waals surface area contributed by atoms with Crippen LogP contribution in [0.25, 0.3) is 0 Å². The number of hydrogen-bond acceptors (Lipinski definition) is 3. The SMILES string of the molecule is C[C@H](NC(=O)CN1CCC(C(=O)Nc2ccccc2)CC1)c1ccc(Cl)cc1. The number of rotatable bonds is 6. The first-order chi connectivity index (χ1) is 13.5. The number of halogens is 1. The number of benzene rings is 2. The third kappa shape index (κ3) is 5.81. The molecule has 2 N–H and O–H groups in total. The molecule has 1 atom stereocenters. The average molecular weight is 400 g/mol. The molecule has 0 aliphatic carbocycles. The fourth-order valence-electron chi connectivity index (χ4n) is 3.44. The zero-order valence-electron chi connectivity index (χ0n) is 16.0. The Morgan fingerprint density at radius 1 is 1.07 bits per heavy atom. The lowest BCUT2D eigenvalue weighted by molar-refractivity contribution is -0.124. The molecular weight excluding hydrogens is 374 g/mol. The van der Waals surface area contributed by atoms with Crippen LogP contribution in [0.5, 0.6) is 0 Å². The molecule has 2 aromatic carbocycles. The lowest BCUT2D eigenvalue weighted by atomic mass is 9.95. The molecule has 6 heteroatoms. The van der Waals surface area contributed by atoms with Gasteiger partial charge in [-0.25, -0.2) is 0 Å². The van der Waals surface area contributed by atoms with Crippen LogP contribution < -0.4 is 10.6 Å². The van der Waals surface area contributed by atoms with E-state index in [1.807, 2.05) is 61.5 Å². The van der Waals surface area contributed by atoms with E-state index >= 15 is 0 Å². The van der Waals surface area contributed by atoms with Crippen molar-refractivity contribution in [2.45, 2.75) is 25.8 Å². The van der Waals surface area contributed by atoms with Crippen LogP contribution in [-0.4, -0.2) is 36.3 Å². The maximum Gasteiger partial charge on any atom is 0.234 e. The number of nitrogens with zero attached hydrogens (tertiary/aromatic N) is 1. The van der Waals surface area contributed by atoms with Crippen LogP contribution in [0.1, 0.15) is 31.4 Å². The Morgan fingerprint density at radius 2 is 1.71 bits per heavy atom. The number of nitrogens with one attached hydrogen (secondary N) is 2. The van der Waals surface area contributed by atoms with Gasteiger partial charge in [0.1, 0.15) is 0 Å². The van der Waals surface area contributed by atoms with Gasteiger partial charge in [0.15, 0.2) is 0 Å². The molecule has 148 valence electrons. The Bertz CT molecular complexity index is 787. The van der Waals surface area contributed by atoms with Crippen LogP contribution in [0.3, 0.4) is 0 Å². The molecule has 3 rings (SSSR count). The van der Waals surface area contributed by atoms with Gasteiger partial charge in [-0.2, -0.15) is 0 Å². The van der Waals surface area contributed by atoms with Crippen LogP contribution in [-0.2, 0) is 9.59 Å². The largest absolute Gasteiger partial charge is 0.348 e. The van der Waals surface area contributed by atoms with Crippen molar-refractivity contribution in [2.75, 3.05) is 25.0 Å². The van der Waals surface area contributed by atoms with Gasteiger partial charge in [0.25, 0.3) is 0 Å². The Hall–Kier alpha value is -2.37. The van der Waals surface area contributed by atoms with E-state index in [0.29, 0.717) is 11.6 Å². The Kier molecular flexibility index (Phi) is 7.06. The highest BCUT2D eigenvalue weighted by atomic mass is 35.5. The van der Waals surface area contributed by atoms with Crippen molar-refractivity contribution in [1.82, 2.24) is 10.2 Å². The van der Waals surface area contributed by atoms with E-state index in [-0.39, 0.29) is 23.8 Å². The molecule has 0 bridgehead atoms. The Balaban J connectivity index is 1.41. The predicted molar refractivity (Wildman–Crippen MR) is 112 cm³/mol. The molecule has 2 amide bonds.